The number of aryl methyl sites for hydroxylation is 1. The first-order valence-corrected chi connectivity index (χ1v) is 9.27. The Morgan fingerprint density at radius 2 is 2.23 bits per heavy atom. The van der Waals surface area contributed by atoms with Gasteiger partial charge in [0, 0.05) is 25.7 Å². The summed E-state index contributed by atoms with van der Waals surface area (Å²) < 4.78 is 1.91. The summed E-state index contributed by atoms with van der Waals surface area (Å²) in [5.74, 6) is 0.839. The van der Waals surface area contributed by atoms with E-state index in [0.717, 1.165) is 55.6 Å². The predicted octanol–water partition coefficient (Wildman–Crippen LogP) is 2.05. The van der Waals surface area contributed by atoms with Crippen LogP contribution in [0.1, 0.15) is 41.6 Å². The third kappa shape index (κ3) is 3.77. The van der Waals surface area contributed by atoms with Crippen LogP contribution in [0.15, 0.2) is 36.5 Å². The number of aromatic nitrogens is 4. The maximum Gasteiger partial charge on any atom is 0.271 e. The average molecular weight is 352 g/mol. The molecule has 4 rings (SSSR count). The molecule has 1 aliphatic rings. The second-order valence-corrected chi connectivity index (χ2v) is 6.74. The fraction of sp³-hybridized carbons (Fsp3) is 0.421. The number of para-hydroxylation sites is 2. The second-order valence-electron chi connectivity index (χ2n) is 6.74. The molecule has 0 aliphatic carbocycles. The van der Waals surface area contributed by atoms with Gasteiger partial charge in [-0.05, 0) is 44.0 Å². The van der Waals surface area contributed by atoms with E-state index in [1.165, 1.54) is 0 Å². The van der Waals surface area contributed by atoms with Crippen molar-refractivity contribution in [2.45, 2.75) is 31.7 Å². The molecule has 1 fully saturated rings. The molecule has 0 spiro atoms. The molecular weight excluding hydrogens is 328 g/mol. The van der Waals surface area contributed by atoms with Gasteiger partial charge in [-0.1, -0.05) is 12.1 Å². The van der Waals surface area contributed by atoms with Gasteiger partial charge < -0.3 is 15.6 Å². The second kappa shape index (κ2) is 7.70. The van der Waals surface area contributed by atoms with E-state index in [4.69, 9.17) is 0 Å². The van der Waals surface area contributed by atoms with Gasteiger partial charge in [0.05, 0.1) is 17.1 Å². The van der Waals surface area contributed by atoms with Crippen molar-refractivity contribution < 1.29 is 4.79 Å². The number of benzene rings is 1. The maximum absolute atomic E-state index is 12.3. The molecule has 1 aromatic carbocycles. The molecule has 7 heteroatoms. The largest absolute Gasteiger partial charge is 0.351 e. The number of nitrogens with one attached hydrogen (secondary N) is 3. The summed E-state index contributed by atoms with van der Waals surface area (Å²) in [5.41, 5.74) is 2.52. The van der Waals surface area contributed by atoms with Crippen LogP contribution in [0.4, 0.5) is 0 Å². The number of aromatic amines is 1. The Morgan fingerprint density at radius 3 is 3.08 bits per heavy atom. The number of hydrogen-bond donors (Lipinski definition) is 3. The first-order valence-electron chi connectivity index (χ1n) is 9.27. The van der Waals surface area contributed by atoms with Crippen LogP contribution in [-0.2, 0) is 6.42 Å². The van der Waals surface area contributed by atoms with Crippen LogP contribution in [0.25, 0.3) is 11.0 Å². The average Bonchev–Trinajstić information content (AvgIpc) is 3.32. The van der Waals surface area contributed by atoms with Gasteiger partial charge in [-0.25, -0.2) is 4.98 Å². The van der Waals surface area contributed by atoms with Gasteiger partial charge in [0.25, 0.3) is 5.91 Å². The van der Waals surface area contributed by atoms with Gasteiger partial charge in [-0.2, -0.15) is 5.10 Å². The van der Waals surface area contributed by atoms with E-state index in [1.807, 2.05) is 35.1 Å². The normalized spacial score (nSPS) is 17.5. The number of H-pyrrole nitrogens is 1. The molecule has 0 bridgehead atoms. The Labute approximate surface area is 152 Å². The van der Waals surface area contributed by atoms with Crippen molar-refractivity contribution in [3.8, 4) is 0 Å². The third-order valence-corrected chi connectivity index (χ3v) is 4.80. The fourth-order valence-electron chi connectivity index (χ4n) is 3.39. The molecule has 3 heterocycles. The van der Waals surface area contributed by atoms with Crippen LogP contribution in [0.5, 0.6) is 0 Å². The quantitative estimate of drug-likeness (QED) is 0.593. The standard InChI is InChI=1S/C19H24N6O/c26-19(17-9-12-25(24-17)14-5-3-10-20-13-14)21-11-4-8-18-22-15-6-1-2-7-16(15)23-18/h1-2,6-7,9,12,14,20H,3-5,8,10-11,13H2,(H,21,26)(H,22,23). The SMILES string of the molecule is O=C(NCCCc1nc2ccccc2[nH]1)c1ccn(C2CCCNC2)n1. The number of hydrogen-bond acceptors (Lipinski definition) is 4. The lowest BCUT2D eigenvalue weighted by atomic mass is 10.1. The molecule has 3 aromatic rings. The first kappa shape index (κ1) is 16.8. The molecule has 0 radical (unpaired) electrons. The van der Waals surface area contributed by atoms with E-state index in [1.54, 1.807) is 6.07 Å². The van der Waals surface area contributed by atoms with E-state index >= 15 is 0 Å². The van der Waals surface area contributed by atoms with Crippen molar-refractivity contribution >= 4 is 16.9 Å². The van der Waals surface area contributed by atoms with E-state index in [-0.39, 0.29) is 5.91 Å². The summed E-state index contributed by atoms with van der Waals surface area (Å²) in [6, 6.07) is 10.1. The van der Waals surface area contributed by atoms with Crippen LogP contribution >= 0.6 is 0 Å². The zero-order valence-corrected chi connectivity index (χ0v) is 14.7. The highest BCUT2D eigenvalue weighted by molar-refractivity contribution is 5.92. The fourth-order valence-corrected chi connectivity index (χ4v) is 3.39. The molecule has 3 N–H and O–H groups in total. The summed E-state index contributed by atoms with van der Waals surface area (Å²) >= 11 is 0. The third-order valence-electron chi connectivity index (χ3n) is 4.80. The maximum atomic E-state index is 12.3. The molecular formula is C19H24N6O. The molecule has 1 atom stereocenters. The predicted molar refractivity (Wildman–Crippen MR) is 100 cm³/mol. The van der Waals surface area contributed by atoms with Crippen molar-refractivity contribution in [3.63, 3.8) is 0 Å². The number of imidazole rings is 1. The highest BCUT2D eigenvalue weighted by Crippen LogP contribution is 2.15. The first-order chi connectivity index (χ1) is 12.8. The zero-order chi connectivity index (χ0) is 17.8. The molecule has 136 valence electrons. The van der Waals surface area contributed by atoms with E-state index in [9.17, 15) is 4.79 Å². The highest BCUT2D eigenvalue weighted by Gasteiger charge is 2.17. The number of rotatable bonds is 6. The summed E-state index contributed by atoms with van der Waals surface area (Å²) in [7, 11) is 0. The Bertz CT molecular complexity index is 844. The lowest BCUT2D eigenvalue weighted by Crippen LogP contribution is -2.32. The highest BCUT2D eigenvalue weighted by atomic mass is 16.1. The Kier molecular flexibility index (Phi) is 4.97. The minimum Gasteiger partial charge on any atom is -0.351 e. The number of nitrogens with zero attached hydrogens (tertiary/aromatic N) is 3. The van der Waals surface area contributed by atoms with Crippen molar-refractivity contribution in [1.29, 1.82) is 0 Å². The molecule has 2 aromatic heterocycles. The Hall–Kier alpha value is -2.67. The van der Waals surface area contributed by atoms with Gasteiger partial charge >= 0.3 is 0 Å². The van der Waals surface area contributed by atoms with Gasteiger partial charge in [0.2, 0.25) is 0 Å². The van der Waals surface area contributed by atoms with E-state index < -0.39 is 0 Å². The molecule has 7 nitrogen and oxygen atoms in total. The smallest absolute Gasteiger partial charge is 0.271 e. The number of carbonyl (C=O) groups is 1. The molecule has 1 amide bonds. The monoisotopic (exact) mass is 352 g/mol. The van der Waals surface area contributed by atoms with Crippen molar-refractivity contribution in [2.24, 2.45) is 0 Å². The summed E-state index contributed by atoms with van der Waals surface area (Å²) in [4.78, 5) is 20.1. The number of carbonyl (C=O) groups excluding carboxylic acids is 1. The van der Waals surface area contributed by atoms with Gasteiger partial charge in [0.15, 0.2) is 0 Å². The molecule has 1 aliphatic heterocycles. The van der Waals surface area contributed by atoms with Crippen LogP contribution in [0.3, 0.4) is 0 Å². The van der Waals surface area contributed by atoms with Crippen molar-refractivity contribution in [3.05, 3.63) is 48.0 Å². The van der Waals surface area contributed by atoms with Gasteiger partial charge in [0.1, 0.15) is 11.5 Å². The zero-order valence-electron chi connectivity index (χ0n) is 14.7. The van der Waals surface area contributed by atoms with Gasteiger partial charge in [-0.15, -0.1) is 0 Å². The van der Waals surface area contributed by atoms with Crippen LogP contribution in [0.2, 0.25) is 0 Å². The molecule has 1 unspecified atom stereocenters. The Balaban J connectivity index is 1.25. The van der Waals surface area contributed by atoms with Crippen molar-refractivity contribution in [1.82, 2.24) is 30.4 Å². The number of piperidine rings is 1. The summed E-state index contributed by atoms with van der Waals surface area (Å²) in [5, 5.41) is 10.8. The minimum absolute atomic E-state index is 0.114. The number of amides is 1. The van der Waals surface area contributed by atoms with Crippen LogP contribution < -0.4 is 10.6 Å². The minimum atomic E-state index is -0.114. The molecule has 26 heavy (non-hydrogen) atoms. The Morgan fingerprint density at radius 1 is 1.31 bits per heavy atom. The molecule has 0 saturated carbocycles. The summed E-state index contributed by atoms with van der Waals surface area (Å²) in [6.45, 7) is 2.59. The summed E-state index contributed by atoms with van der Waals surface area (Å²) in [6.07, 6.45) is 5.79. The van der Waals surface area contributed by atoms with Gasteiger partial charge in [-0.3, -0.25) is 9.48 Å². The molecule has 1 saturated heterocycles. The van der Waals surface area contributed by atoms with E-state index in [0.29, 0.717) is 18.3 Å². The lowest BCUT2D eigenvalue weighted by molar-refractivity contribution is 0.0947. The van der Waals surface area contributed by atoms with Crippen LogP contribution in [0, 0.1) is 0 Å². The topological polar surface area (TPSA) is 87.6 Å². The van der Waals surface area contributed by atoms with E-state index in [2.05, 4.69) is 25.7 Å². The van der Waals surface area contributed by atoms with Crippen LogP contribution in [-0.4, -0.2) is 45.3 Å². The van der Waals surface area contributed by atoms with Crippen molar-refractivity contribution in [2.75, 3.05) is 19.6 Å². The lowest BCUT2D eigenvalue weighted by Gasteiger charge is -2.22. The number of fused-ring (bicyclic) bond motifs is 1.